The van der Waals surface area contributed by atoms with E-state index in [0.29, 0.717) is 27.7 Å². The number of carbonyl (C=O) groups excluding carboxylic acids is 1. The average Bonchev–Trinajstić information content (AvgIpc) is 2.71. The lowest BCUT2D eigenvalue weighted by Gasteiger charge is -2.09. The maximum atomic E-state index is 12.6. The number of fused-ring (bicyclic) bond motifs is 2. The van der Waals surface area contributed by atoms with E-state index in [0.717, 1.165) is 4.47 Å². The van der Waals surface area contributed by atoms with Crippen LogP contribution in [0.15, 0.2) is 71.4 Å². The van der Waals surface area contributed by atoms with E-state index in [9.17, 15) is 14.4 Å². The summed E-state index contributed by atoms with van der Waals surface area (Å²) in [6.07, 6.45) is 0. The van der Waals surface area contributed by atoms with Gasteiger partial charge in [-0.15, -0.1) is 0 Å². The van der Waals surface area contributed by atoms with Crippen LogP contribution in [-0.4, -0.2) is 19.2 Å². The highest BCUT2D eigenvalue weighted by Crippen LogP contribution is 2.30. The molecule has 152 valence electrons. The maximum Gasteiger partial charge on any atom is 0.344 e. The molecule has 0 aliphatic heterocycles. The minimum atomic E-state index is -0.631. The van der Waals surface area contributed by atoms with E-state index in [2.05, 4.69) is 15.9 Å². The Hall–Kier alpha value is -3.39. The summed E-state index contributed by atoms with van der Waals surface area (Å²) in [5, 5.41) is 1.23. The van der Waals surface area contributed by atoms with Crippen molar-refractivity contribution in [3.63, 3.8) is 0 Å². The molecule has 0 saturated heterocycles. The summed E-state index contributed by atoms with van der Waals surface area (Å²) in [4.78, 5) is 36.2. The summed E-state index contributed by atoms with van der Waals surface area (Å²) in [7, 11) is 0. The van der Waals surface area contributed by atoms with E-state index in [-0.39, 0.29) is 24.4 Å². The Bertz CT molecular complexity index is 1380. The van der Waals surface area contributed by atoms with Crippen molar-refractivity contribution in [1.82, 2.24) is 0 Å². The Balaban J connectivity index is 1.81. The zero-order valence-electron chi connectivity index (χ0n) is 15.8. The van der Waals surface area contributed by atoms with E-state index in [4.69, 9.17) is 18.3 Å². The van der Waals surface area contributed by atoms with Crippen LogP contribution in [0, 0.1) is 0 Å². The molecule has 0 N–H and O–H groups in total. The molecule has 0 fully saturated rings. The Labute approximate surface area is 178 Å². The predicted octanol–water partition coefficient (Wildman–Crippen LogP) is 4.27. The molecule has 0 radical (unpaired) electrons. The zero-order valence-corrected chi connectivity index (χ0v) is 17.4. The Morgan fingerprint density at radius 2 is 1.80 bits per heavy atom. The number of hydrogen-bond acceptors (Lipinski definition) is 7. The SMILES string of the molecule is CCOC(=O)COc1ccc2c(-c3cc4cc(Br)ccc4oc3=O)cc(=O)oc2c1. The Kier molecular flexibility index (Phi) is 5.41. The van der Waals surface area contributed by atoms with Crippen molar-refractivity contribution >= 4 is 43.8 Å². The molecule has 0 unspecified atom stereocenters. The minimum absolute atomic E-state index is 0.215. The van der Waals surface area contributed by atoms with Crippen LogP contribution in [-0.2, 0) is 9.53 Å². The van der Waals surface area contributed by atoms with E-state index < -0.39 is 17.2 Å². The molecule has 0 amide bonds. The second kappa shape index (κ2) is 8.16. The molecule has 0 atom stereocenters. The van der Waals surface area contributed by atoms with Crippen LogP contribution < -0.4 is 16.0 Å². The van der Waals surface area contributed by atoms with Crippen LogP contribution in [0.5, 0.6) is 5.75 Å². The van der Waals surface area contributed by atoms with Crippen molar-refractivity contribution in [3.8, 4) is 16.9 Å². The molecule has 0 spiro atoms. The van der Waals surface area contributed by atoms with Crippen LogP contribution in [0.3, 0.4) is 0 Å². The van der Waals surface area contributed by atoms with Crippen molar-refractivity contribution < 1.29 is 23.1 Å². The van der Waals surface area contributed by atoms with Gasteiger partial charge in [-0.05, 0) is 43.3 Å². The summed E-state index contributed by atoms with van der Waals surface area (Å²) in [6.45, 7) is 1.68. The highest BCUT2D eigenvalue weighted by Gasteiger charge is 2.15. The predicted molar refractivity (Wildman–Crippen MR) is 114 cm³/mol. The summed E-state index contributed by atoms with van der Waals surface area (Å²) in [6, 6.07) is 13.0. The largest absolute Gasteiger partial charge is 0.482 e. The van der Waals surface area contributed by atoms with Gasteiger partial charge in [-0.1, -0.05) is 15.9 Å². The standard InChI is InChI=1S/C22H15BrO7/c1-2-27-21(25)11-28-14-4-5-15-16(10-20(24)29-19(15)9-14)17-8-12-7-13(23)3-6-18(12)30-22(17)26/h3-10H,2,11H2,1H3. The molecular weight excluding hydrogens is 456 g/mol. The van der Waals surface area contributed by atoms with Gasteiger partial charge in [0.15, 0.2) is 6.61 Å². The van der Waals surface area contributed by atoms with Gasteiger partial charge in [-0.3, -0.25) is 0 Å². The lowest BCUT2D eigenvalue weighted by molar-refractivity contribution is -0.145. The van der Waals surface area contributed by atoms with Crippen molar-refractivity contribution in [2.45, 2.75) is 6.92 Å². The monoisotopic (exact) mass is 470 g/mol. The zero-order chi connectivity index (χ0) is 21.3. The summed E-state index contributed by atoms with van der Waals surface area (Å²) < 4.78 is 21.7. The van der Waals surface area contributed by atoms with Crippen molar-refractivity contribution in [2.75, 3.05) is 13.2 Å². The first kappa shape index (κ1) is 19.9. The van der Waals surface area contributed by atoms with Gasteiger partial charge in [-0.25, -0.2) is 14.4 Å². The molecule has 2 heterocycles. The molecule has 4 aromatic rings. The molecule has 0 bridgehead atoms. The Morgan fingerprint density at radius 3 is 2.60 bits per heavy atom. The van der Waals surface area contributed by atoms with Crippen LogP contribution in [0.25, 0.3) is 33.1 Å². The average molecular weight is 471 g/mol. The van der Waals surface area contributed by atoms with Crippen molar-refractivity contribution in [1.29, 1.82) is 0 Å². The second-order valence-electron chi connectivity index (χ2n) is 6.36. The van der Waals surface area contributed by atoms with Gasteiger partial charge in [-0.2, -0.15) is 0 Å². The summed E-state index contributed by atoms with van der Waals surface area (Å²) >= 11 is 3.39. The third kappa shape index (κ3) is 3.99. The number of esters is 1. The van der Waals surface area contributed by atoms with Crippen LogP contribution >= 0.6 is 15.9 Å². The van der Waals surface area contributed by atoms with Crippen molar-refractivity contribution in [3.05, 3.63) is 73.8 Å². The number of halogens is 1. The molecule has 2 aromatic heterocycles. The summed E-state index contributed by atoms with van der Waals surface area (Å²) in [5.74, 6) is -0.182. The van der Waals surface area contributed by atoms with Gasteiger partial charge in [0.1, 0.15) is 16.9 Å². The van der Waals surface area contributed by atoms with Gasteiger partial charge in [0.2, 0.25) is 0 Å². The van der Waals surface area contributed by atoms with Gasteiger partial charge < -0.3 is 18.3 Å². The minimum Gasteiger partial charge on any atom is -0.482 e. The van der Waals surface area contributed by atoms with Crippen LogP contribution in [0.4, 0.5) is 0 Å². The topological polar surface area (TPSA) is 96.0 Å². The van der Waals surface area contributed by atoms with Gasteiger partial charge in [0, 0.05) is 32.9 Å². The highest BCUT2D eigenvalue weighted by atomic mass is 79.9. The third-order valence-electron chi connectivity index (χ3n) is 4.36. The second-order valence-corrected chi connectivity index (χ2v) is 7.28. The number of carbonyl (C=O) groups is 1. The quantitative estimate of drug-likeness (QED) is 0.317. The van der Waals surface area contributed by atoms with Crippen LogP contribution in [0.2, 0.25) is 0 Å². The number of hydrogen-bond donors (Lipinski definition) is 0. The number of ether oxygens (including phenoxy) is 2. The fraction of sp³-hybridized carbons (Fsp3) is 0.136. The molecule has 7 nitrogen and oxygen atoms in total. The van der Waals surface area contributed by atoms with Gasteiger partial charge >= 0.3 is 17.2 Å². The van der Waals surface area contributed by atoms with E-state index in [1.165, 1.54) is 12.1 Å². The van der Waals surface area contributed by atoms with Gasteiger partial charge in [0.05, 0.1) is 12.2 Å². The lowest BCUT2D eigenvalue weighted by Crippen LogP contribution is -2.14. The normalized spacial score (nSPS) is 11.0. The first-order chi connectivity index (χ1) is 14.4. The first-order valence-corrected chi connectivity index (χ1v) is 9.84. The van der Waals surface area contributed by atoms with E-state index >= 15 is 0 Å². The maximum absolute atomic E-state index is 12.6. The molecule has 0 aliphatic carbocycles. The van der Waals surface area contributed by atoms with Crippen molar-refractivity contribution in [2.24, 2.45) is 0 Å². The fourth-order valence-electron chi connectivity index (χ4n) is 3.08. The molecule has 2 aromatic carbocycles. The first-order valence-electron chi connectivity index (χ1n) is 9.04. The molecule has 0 saturated carbocycles. The lowest BCUT2D eigenvalue weighted by atomic mass is 10.0. The fourth-order valence-corrected chi connectivity index (χ4v) is 3.46. The number of benzene rings is 2. The molecule has 0 aliphatic rings. The smallest absolute Gasteiger partial charge is 0.344 e. The third-order valence-corrected chi connectivity index (χ3v) is 4.86. The molecular formula is C22H15BrO7. The van der Waals surface area contributed by atoms with E-state index in [1.807, 2.05) is 6.07 Å². The Morgan fingerprint density at radius 1 is 0.967 bits per heavy atom. The molecule has 30 heavy (non-hydrogen) atoms. The highest BCUT2D eigenvalue weighted by molar-refractivity contribution is 9.10. The van der Waals surface area contributed by atoms with Gasteiger partial charge in [0.25, 0.3) is 0 Å². The summed E-state index contributed by atoms with van der Waals surface area (Å²) in [5.41, 5.74) is 0.0714. The number of rotatable bonds is 5. The molecule has 8 heteroatoms. The van der Waals surface area contributed by atoms with Crippen LogP contribution in [0.1, 0.15) is 6.92 Å². The van der Waals surface area contributed by atoms with E-state index in [1.54, 1.807) is 37.3 Å². The molecule has 4 rings (SSSR count).